The summed E-state index contributed by atoms with van der Waals surface area (Å²) in [5, 5.41) is 5.58. The molecule has 15 rings (SSSR count). The number of aromatic nitrogens is 6. The van der Waals surface area contributed by atoms with Crippen LogP contribution in [0.2, 0.25) is 0 Å². The van der Waals surface area contributed by atoms with Crippen molar-refractivity contribution >= 4 is 83.4 Å². The first-order valence-corrected chi connectivity index (χ1v) is 30.9. The standard InChI is InChI=1S/2C17H15NO2.C16H12FNO.C16H13NO.C15H12N2O/c2*1-20-15-5-3-13(4-6-15)17(19)11-12-2-7-16-14(10-12)8-9-18-16;17-14-4-2-12(3-5-14)16(19)10-11-1-6-15-13(9-11)7-8-18-15;18-16(13-4-2-1-3-5-13)11-12-6-7-15-14(10-12)8-9-17-15;18-15(11-4-2-1-3-5-11)9-13-8-12-6-7-16-14(12)10-17-13/h2*2-10,18H,11H2,1H3;1-9,18H,10H2;1-10,17H,11H2;1-8,10,16H,9H2. The number of ether oxygens (including phenoxy) is 2. The molecule has 0 aliphatic heterocycles. The molecular formula is C81H67FN6O7. The van der Waals surface area contributed by atoms with Crippen molar-refractivity contribution in [3.05, 3.63) is 341 Å². The van der Waals surface area contributed by atoms with Gasteiger partial charge in [-0.1, -0.05) is 84.9 Å². The second kappa shape index (κ2) is 31.2. The van der Waals surface area contributed by atoms with Crippen LogP contribution >= 0.6 is 0 Å². The lowest BCUT2D eigenvalue weighted by atomic mass is 10.0. The molecule has 0 amide bonds. The fraction of sp³-hybridized carbons (Fsp3) is 0.0864. The summed E-state index contributed by atoms with van der Waals surface area (Å²) in [7, 11) is 3.23. The van der Waals surface area contributed by atoms with E-state index in [4.69, 9.17) is 9.47 Å². The monoisotopic (exact) mass is 1250 g/mol. The number of nitrogens with one attached hydrogen (secondary N) is 5. The van der Waals surface area contributed by atoms with Crippen LogP contribution in [-0.2, 0) is 32.1 Å². The van der Waals surface area contributed by atoms with Gasteiger partial charge in [0.15, 0.2) is 28.9 Å². The lowest BCUT2D eigenvalue weighted by Crippen LogP contribution is -2.04. The number of pyridine rings is 1. The lowest BCUT2D eigenvalue weighted by molar-refractivity contribution is 0.0984. The molecule has 0 aliphatic carbocycles. The predicted molar refractivity (Wildman–Crippen MR) is 375 cm³/mol. The summed E-state index contributed by atoms with van der Waals surface area (Å²) < 4.78 is 23.0. The van der Waals surface area contributed by atoms with Gasteiger partial charge in [0.25, 0.3) is 0 Å². The summed E-state index contributed by atoms with van der Waals surface area (Å²) in [6.07, 6.45) is 13.2. The van der Waals surface area contributed by atoms with Crippen molar-refractivity contribution in [3.8, 4) is 11.5 Å². The summed E-state index contributed by atoms with van der Waals surface area (Å²) in [5.74, 6) is 1.67. The number of hydrogen-bond acceptors (Lipinski definition) is 8. The maximum absolute atomic E-state index is 12.8. The Hall–Kier alpha value is -12.3. The van der Waals surface area contributed by atoms with Crippen molar-refractivity contribution in [2.75, 3.05) is 14.2 Å². The van der Waals surface area contributed by atoms with Gasteiger partial charge < -0.3 is 34.4 Å². The maximum atomic E-state index is 12.8. The van der Waals surface area contributed by atoms with Gasteiger partial charge >= 0.3 is 0 Å². The van der Waals surface area contributed by atoms with E-state index in [1.807, 2.05) is 219 Å². The van der Waals surface area contributed by atoms with E-state index >= 15 is 0 Å². The molecule has 0 fully saturated rings. The average Bonchev–Trinajstić information content (AvgIpc) is 2.05. The SMILES string of the molecule is COc1ccc(C(=O)Cc2ccc3[nH]ccc3c2)cc1.COc1ccc(C(=O)Cc2ccc3[nH]ccc3c2)cc1.O=C(Cc1cc2cc[nH]c2cn1)c1ccccc1.O=C(Cc1ccc2[nH]ccc2c1)c1ccc(F)cc1.O=C(Cc1ccc2[nH]ccc2c1)c1ccccc1. The molecule has 5 N–H and O–H groups in total. The maximum Gasteiger partial charge on any atom is 0.168 e. The molecule has 15 aromatic rings. The first-order valence-electron chi connectivity index (χ1n) is 30.9. The molecule has 0 spiro atoms. The molecular weight excluding hydrogens is 1190 g/mol. The Balaban J connectivity index is 0.000000121. The van der Waals surface area contributed by atoms with E-state index < -0.39 is 0 Å². The summed E-state index contributed by atoms with van der Waals surface area (Å²) >= 11 is 0. The van der Waals surface area contributed by atoms with Crippen molar-refractivity contribution in [1.29, 1.82) is 0 Å². The van der Waals surface area contributed by atoms with Crippen LogP contribution in [-0.4, -0.2) is 73.0 Å². The molecule has 14 heteroatoms. The highest BCUT2D eigenvalue weighted by Gasteiger charge is 2.13. The summed E-state index contributed by atoms with van der Waals surface area (Å²) in [5.41, 5.74) is 13.6. The number of nitrogens with zero attached hydrogens (tertiary/aromatic N) is 1. The number of methoxy groups -OCH3 is 2. The van der Waals surface area contributed by atoms with Gasteiger partial charge in [-0.25, -0.2) is 4.39 Å². The van der Waals surface area contributed by atoms with Crippen molar-refractivity contribution in [2.24, 2.45) is 0 Å². The highest BCUT2D eigenvalue weighted by molar-refractivity contribution is 6.01. The quantitative estimate of drug-likeness (QED) is 0.0555. The second-order valence-corrected chi connectivity index (χ2v) is 22.5. The van der Waals surface area contributed by atoms with Crippen LogP contribution < -0.4 is 9.47 Å². The Kier molecular flexibility index (Phi) is 21.1. The number of fused-ring (bicyclic) bond motifs is 5. The summed E-state index contributed by atoms with van der Waals surface area (Å²) in [4.78, 5) is 80.6. The second-order valence-electron chi connectivity index (χ2n) is 22.5. The third-order valence-corrected chi connectivity index (χ3v) is 15.9. The predicted octanol–water partition coefficient (Wildman–Crippen LogP) is 17.5. The highest BCUT2D eigenvalue weighted by atomic mass is 19.1. The van der Waals surface area contributed by atoms with Gasteiger partial charge in [0.05, 0.1) is 32.4 Å². The first-order chi connectivity index (χ1) is 46.4. The molecule has 0 bridgehead atoms. The van der Waals surface area contributed by atoms with Crippen LogP contribution in [0.1, 0.15) is 79.7 Å². The van der Waals surface area contributed by atoms with E-state index in [9.17, 15) is 28.4 Å². The Morgan fingerprint density at radius 3 is 0.926 bits per heavy atom. The lowest BCUT2D eigenvalue weighted by Gasteiger charge is -2.04. The van der Waals surface area contributed by atoms with Gasteiger partial charge in [-0.3, -0.25) is 29.0 Å². The number of H-pyrrole nitrogens is 5. The van der Waals surface area contributed by atoms with Crippen LogP contribution in [0.3, 0.4) is 0 Å². The topological polar surface area (TPSA) is 196 Å². The molecule has 95 heavy (non-hydrogen) atoms. The zero-order valence-electron chi connectivity index (χ0n) is 52.3. The van der Waals surface area contributed by atoms with Crippen LogP contribution in [0.25, 0.3) is 54.5 Å². The van der Waals surface area contributed by atoms with Gasteiger partial charge in [0.1, 0.15) is 17.3 Å². The Morgan fingerprint density at radius 1 is 0.316 bits per heavy atom. The number of Topliss-reactive ketones (excluding diaryl/α,β-unsaturated/α-hetero) is 5. The minimum absolute atomic E-state index is 0.00474. The molecule has 6 heterocycles. The summed E-state index contributed by atoms with van der Waals surface area (Å²) in [6.45, 7) is 0. The number of carbonyl (C=O) groups excluding carboxylic acids is 5. The van der Waals surface area contributed by atoms with Crippen molar-refractivity contribution in [1.82, 2.24) is 29.9 Å². The Labute approximate surface area is 547 Å². The van der Waals surface area contributed by atoms with Crippen molar-refractivity contribution in [3.63, 3.8) is 0 Å². The number of ketones is 5. The number of aromatic amines is 5. The van der Waals surface area contributed by atoms with Crippen LogP contribution in [0.5, 0.6) is 11.5 Å². The highest BCUT2D eigenvalue weighted by Crippen LogP contribution is 2.23. The zero-order chi connectivity index (χ0) is 65.9. The molecule has 6 aromatic heterocycles. The van der Waals surface area contributed by atoms with E-state index in [0.29, 0.717) is 48.8 Å². The molecule has 0 radical (unpaired) electrons. The molecule has 9 aromatic carbocycles. The Bertz CT molecular complexity index is 4810. The average molecular weight is 1260 g/mol. The molecule has 0 aliphatic rings. The third kappa shape index (κ3) is 17.4. The van der Waals surface area contributed by atoms with Crippen LogP contribution in [0.15, 0.2) is 280 Å². The first kappa shape index (κ1) is 64.2. The van der Waals surface area contributed by atoms with Gasteiger partial charge in [-0.2, -0.15) is 0 Å². The molecule has 0 atom stereocenters. The summed E-state index contributed by atoms with van der Waals surface area (Å²) in [6, 6.07) is 74.8. The van der Waals surface area contributed by atoms with Gasteiger partial charge in [0.2, 0.25) is 0 Å². The van der Waals surface area contributed by atoms with Crippen molar-refractivity contribution in [2.45, 2.75) is 32.1 Å². The number of halogens is 1. The van der Waals surface area contributed by atoms with Gasteiger partial charge in [-0.05, 0) is 202 Å². The van der Waals surface area contributed by atoms with E-state index in [2.05, 4.69) is 36.0 Å². The van der Waals surface area contributed by atoms with Crippen molar-refractivity contribution < 1.29 is 37.8 Å². The van der Waals surface area contributed by atoms with E-state index in [1.165, 1.54) is 24.3 Å². The van der Waals surface area contributed by atoms with E-state index in [0.717, 1.165) is 105 Å². The number of carbonyl (C=O) groups is 5. The number of benzene rings is 9. The zero-order valence-corrected chi connectivity index (χ0v) is 52.3. The minimum Gasteiger partial charge on any atom is -0.497 e. The number of hydrogen-bond donors (Lipinski definition) is 5. The van der Waals surface area contributed by atoms with Crippen LogP contribution in [0, 0.1) is 5.82 Å². The number of rotatable bonds is 17. The third-order valence-electron chi connectivity index (χ3n) is 15.9. The van der Waals surface area contributed by atoms with E-state index in [-0.39, 0.29) is 34.7 Å². The van der Waals surface area contributed by atoms with Gasteiger partial charge in [0, 0.05) is 118 Å². The molecule has 0 saturated carbocycles. The van der Waals surface area contributed by atoms with Gasteiger partial charge in [-0.15, -0.1) is 0 Å². The van der Waals surface area contributed by atoms with E-state index in [1.54, 1.807) is 44.7 Å². The fourth-order valence-corrected chi connectivity index (χ4v) is 10.8. The largest absolute Gasteiger partial charge is 0.497 e. The Morgan fingerprint density at radius 2 is 0.600 bits per heavy atom. The fourth-order valence-electron chi connectivity index (χ4n) is 10.8. The normalized spacial score (nSPS) is 10.7. The molecule has 0 saturated heterocycles. The molecule has 470 valence electrons. The molecule has 13 nitrogen and oxygen atoms in total. The molecule has 0 unspecified atom stereocenters. The van der Waals surface area contributed by atoms with Crippen LogP contribution in [0.4, 0.5) is 4.39 Å². The smallest absolute Gasteiger partial charge is 0.168 e. The minimum atomic E-state index is -0.328.